The monoisotopic (exact) mass is 431 g/mol. The number of carbonyl (C=O) groups excluding carboxylic acids is 1. The van der Waals surface area contributed by atoms with Crippen molar-refractivity contribution in [1.29, 1.82) is 0 Å². The molecule has 1 amide bonds. The second kappa shape index (κ2) is 9.00. The number of anilines is 1. The third-order valence-electron chi connectivity index (χ3n) is 5.55. The van der Waals surface area contributed by atoms with Crippen LogP contribution in [0.4, 0.5) is 5.13 Å². The van der Waals surface area contributed by atoms with Crippen molar-refractivity contribution in [3.63, 3.8) is 0 Å². The lowest BCUT2D eigenvalue weighted by Crippen LogP contribution is -2.36. The van der Waals surface area contributed by atoms with Gasteiger partial charge in [-0.1, -0.05) is 55.0 Å². The number of benzene rings is 1. The first-order valence-electron chi connectivity index (χ1n) is 9.91. The number of thiazole rings is 1. The zero-order valence-corrected chi connectivity index (χ0v) is 17.8. The topological polar surface area (TPSA) is 87.4 Å². The van der Waals surface area contributed by atoms with Gasteiger partial charge in [-0.25, -0.2) is 4.98 Å². The standard InChI is InChI=1S/C20H23ClN6OS/c1-13-24-25-26-27(13)18-8-7-15(12-17(18)21)16(11-14-5-3-2-4-6-14)19(28)23-20-22-9-10-29-20/h7-10,12,14,16H,2-6,11H2,1H3,(H,22,23,28)/p+1. The molecule has 0 bridgehead atoms. The van der Waals surface area contributed by atoms with Crippen LogP contribution >= 0.6 is 22.9 Å². The summed E-state index contributed by atoms with van der Waals surface area (Å²) in [5, 5.41) is 16.6. The van der Waals surface area contributed by atoms with Crippen molar-refractivity contribution in [2.45, 2.75) is 51.4 Å². The van der Waals surface area contributed by atoms with Crippen LogP contribution in [0.2, 0.25) is 5.02 Å². The Morgan fingerprint density at radius 3 is 2.86 bits per heavy atom. The second-order valence-corrected chi connectivity index (χ2v) is 8.81. The number of tetrazole rings is 1. The third kappa shape index (κ3) is 4.64. The molecule has 1 atom stereocenters. The Bertz CT molecular complexity index is 967. The number of nitrogens with one attached hydrogen (secondary N) is 2. The fraction of sp³-hybridized carbons (Fsp3) is 0.450. The fourth-order valence-electron chi connectivity index (χ4n) is 4.03. The Kier molecular flexibility index (Phi) is 6.20. The van der Waals surface area contributed by atoms with E-state index in [-0.39, 0.29) is 11.8 Å². The third-order valence-corrected chi connectivity index (χ3v) is 6.54. The van der Waals surface area contributed by atoms with E-state index in [0.29, 0.717) is 21.9 Å². The number of hydrogen-bond acceptors (Lipinski definition) is 5. The molecule has 2 aromatic heterocycles. The number of aromatic nitrogens is 5. The van der Waals surface area contributed by atoms with Crippen molar-refractivity contribution in [2.24, 2.45) is 5.92 Å². The Hall–Kier alpha value is -2.32. The van der Waals surface area contributed by atoms with Crippen LogP contribution in [-0.2, 0) is 4.79 Å². The Morgan fingerprint density at radius 1 is 1.38 bits per heavy atom. The molecule has 1 unspecified atom stereocenters. The Balaban J connectivity index is 1.61. The van der Waals surface area contributed by atoms with Crippen molar-refractivity contribution >= 4 is 34.0 Å². The molecule has 1 aromatic carbocycles. The molecular weight excluding hydrogens is 408 g/mol. The van der Waals surface area contributed by atoms with Crippen LogP contribution in [-0.4, -0.2) is 26.4 Å². The smallest absolute Gasteiger partial charge is 0.301 e. The van der Waals surface area contributed by atoms with E-state index in [0.717, 1.165) is 17.7 Å². The van der Waals surface area contributed by atoms with E-state index >= 15 is 0 Å². The summed E-state index contributed by atoms with van der Waals surface area (Å²) in [6.45, 7) is 1.85. The van der Waals surface area contributed by atoms with Crippen LogP contribution in [0.15, 0.2) is 29.8 Å². The van der Waals surface area contributed by atoms with E-state index in [1.54, 1.807) is 10.9 Å². The van der Waals surface area contributed by atoms with Gasteiger partial charge in [0.25, 0.3) is 0 Å². The van der Waals surface area contributed by atoms with Crippen molar-refractivity contribution < 1.29 is 9.48 Å². The van der Waals surface area contributed by atoms with Gasteiger partial charge >= 0.3 is 5.82 Å². The number of hydrogen-bond donors (Lipinski definition) is 2. The molecule has 0 saturated heterocycles. The molecule has 9 heteroatoms. The molecule has 2 heterocycles. The number of carbonyl (C=O) groups is 1. The van der Waals surface area contributed by atoms with Crippen LogP contribution in [0.1, 0.15) is 55.8 Å². The van der Waals surface area contributed by atoms with Gasteiger partial charge in [0.05, 0.1) is 10.9 Å². The SMILES string of the molecule is Cc1nn[nH][n+]1-c1ccc(C(CC2CCCCC2)C(=O)Nc2nccs2)cc1Cl. The quantitative estimate of drug-likeness (QED) is 0.573. The maximum absolute atomic E-state index is 13.1. The molecule has 0 radical (unpaired) electrons. The summed E-state index contributed by atoms with van der Waals surface area (Å²) in [6, 6.07) is 5.78. The Morgan fingerprint density at radius 2 is 2.21 bits per heavy atom. The number of aryl methyl sites for hydroxylation is 1. The van der Waals surface area contributed by atoms with E-state index in [2.05, 4.69) is 25.8 Å². The second-order valence-electron chi connectivity index (χ2n) is 7.51. The molecule has 1 saturated carbocycles. The van der Waals surface area contributed by atoms with Crippen LogP contribution in [0.5, 0.6) is 0 Å². The molecule has 4 rings (SSSR count). The first-order chi connectivity index (χ1) is 14.1. The number of nitrogens with zero attached hydrogens (tertiary/aromatic N) is 4. The van der Waals surface area contributed by atoms with Crippen LogP contribution in [0.25, 0.3) is 5.69 Å². The van der Waals surface area contributed by atoms with Gasteiger partial charge in [-0.15, -0.1) is 16.0 Å². The average molecular weight is 432 g/mol. The lowest BCUT2D eigenvalue weighted by molar-refractivity contribution is -0.666. The lowest BCUT2D eigenvalue weighted by Gasteiger charge is -2.26. The molecule has 0 spiro atoms. The van der Waals surface area contributed by atoms with E-state index < -0.39 is 0 Å². The van der Waals surface area contributed by atoms with E-state index in [1.807, 2.05) is 30.5 Å². The van der Waals surface area contributed by atoms with Gasteiger partial charge in [-0.05, 0) is 30.0 Å². The molecular formula is C20H24ClN6OS+. The maximum Gasteiger partial charge on any atom is 0.302 e. The van der Waals surface area contributed by atoms with E-state index in [1.165, 1.54) is 43.4 Å². The highest BCUT2D eigenvalue weighted by molar-refractivity contribution is 7.13. The number of amides is 1. The largest absolute Gasteiger partial charge is 0.302 e. The molecule has 7 nitrogen and oxygen atoms in total. The van der Waals surface area contributed by atoms with Gasteiger partial charge in [-0.3, -0.25) is 4.79 Å². The normalized spacial score (nSPS) is 15.9. The predicted octanol–water partition coefficient (Wildman–Crippen LogP) is 4.19. The molecule has 1 aliphatic rings. The van der Waals surface area contributed by atoms with Gasteiger partial charge < -0.3 is 5.32 Å². The Labute approximate surface area is 178 Å². The minimum atomic E-state index is -0.264. The number of rotatable bonds is 6. The summed E-state index contributed by atoms with van der Waals surface area (Å²) >= 11 is 8.01. The first-order valence-corrected chi connectivity index (χ1v) is 11.2. The molecule has 1 aliphatic carbocycles. The van der Waals surface area contributed by atoms with Gasteiger partial charge in [0.1, 0.15) is 10.8 Å². The van der Waals surface area contributed by atoms with E-state index in [4.69, 9.17) is 11.6 Å². The van der Waals surface area contributed by atoms with Crippen LogP contribution in [0.3, 0.4) is 0 Å². The molecule has 1 fully saturated rings. The summed E-state index contributed by atoms with van der Waals surface area (Å²) in [5.74, 6) is 0.975. The van der Waals surface area contributed by atoms with E-state index in [9.17, 15) is 4.79 Å². The maximum atomic E-state index is 13.1. The van der Waals surface area contributed by atoms with Crippen molar-refractivity contribution in [3.05, 3.63) is 46.2 Å². The van der Waals surface area contributed by atoms with Crippen molar-refractivity contribution in [3.8, 4) is 5.69 Å². The van der Waals surface area contributed by atoms with Gasteiger partial charge in [0, 0.05) is 18.5 Å². The zero-order chi connectivity index (χ0) is 20.2. The van der Waals surface area contributed by atoms with Crippen molar-refractivity contribution in [1.82, 2.24) is 20.5 Å². The molecule has 0 aliphatic heterocycles. The minimum Gasteiger partial charge on any atom is -0.301 e. The van der Waals surface area contributed by atoms with Crippen LogP contribution < -0.4 is 10.00 Å². The highest BCUT2D eigenvalue weighted by Crippen LogP contribution is 2.35. The summed E-state index contributed by atoms with van der Waals surface area (Å²) in [4.78, 5) is 17.3. The fourth-order valence-corrected chi connectivity index (χ4v) is 4.84. The molecule has 152 valence electrons. The summed E-state index contributed by atoms with van der Waals surface area (Å²) in [6.07, 6.45) is 8.66. The number of halogens is 1. The van der Waals surface area contributed by atoms with Crippen molar-refractivity contribution in [2.75, 3.05) is 5.32 Å². The summed E-state index contributed by atoms with van der Waals surface area (Å²) < 4.78 is 1.72. The predicted molar refractivity (Wildman–Crippen MR) is 112 cm³/mol. The zero-order valence-electron chi connectivity index (χ0n) is 16.3. The highest BCUT2D eigenvalue weighted by atomic mass is 35.5. The molecule has 2 N–H and O–H groups in total. The molecule has 29 heavy (non-hydrogen) atoms. The van der Waals surface area contributed by atoms with Gasteiger partial charge in [0.2, 0.25) is 5.91 Å². The lowest BCUT2D eigenvalue weighted by atomic mass is 9.80. The van der Waals surface area contributed by atoms with Crippen LogP contribution in [0, 0.1) is 12.8 Å². The highest BCUT2D eigenvalue weighted by Gasteiger charge is 2.27. The molecule has 3 aromatic rings. The number of aromatic amines is 1. The van der Waals surface area contributed by atoms with Gasteiger partial charge in [-0.2, -0.15) is 0 Å². The first kappa shape index (κ1) is 20.0. The van der Waals surface area contributed by atoms with Gasteiger partial charge in [0.15, 0.2) is 10.3 Å². The summed E-state index contributed by atoms with van der Waals surface area (Å²) in [7, 11) is 0. The number of H-pyrrole nitrogens is 1. The average Bonchev–Trinajstić information content (AvgIpc) is 3.38. The minimum absolute atomic E-state index is 0.0265. The summed E-state index contributed by atoms with van der Waals surface area (Å²) in [5.41, 5.74) is 1.68.